The highest BCUT2D eigenvalue weighted by atomic mass is 32.1. The maximum absolute atomic E-state index is 11.8. The number of Topliss-reactive ketones (excluding diaryl/α,β-unsaturated/α-hetero) is 1. The molecule has 0 bridgehead atoms. The number of fused-ring (bicyclic) bond motifs is 1. The minimum absolute atomic E-state index is 0.305. The second-order valence-corrected chi connectivity index (χ2v) is 4.81. The molecule has 0 fully saturated rings. The van der Waals surface area contributed by atoms with Crippen LogP contribution >= 0.6 is 11.3 Å². The molecule has 0 saturated heterocycles. The molecule has 1 aliphatic carbocycles. The fourth-order valence-electron chi connectivity index (χ4n) is 2.05. The molecule has 0 saturated carbocycles. The van der Waals surface area contributed by atoms with Gasteiger partial charge in [0.15, 0.2) is 5.78 Å². The van der Waals surface area contributed by atoms with E-state index in [1.807, 2.05) is 0 Å². The van der Waals surface area contributed by atoms with Crippen molar-refractivity contribution in [2.24, 2.45) is 11.7 Å². The average Bonchev–Trinajstić information content (AvgIpc) is 2.61. The highest BCUT2D eigenvalue weighted by molar-refractivity contribution is 7.10. The zero-order valence-corrected chi connectivity index (χ0v) is 9.19. The SMILES string of the molecule is CCc1csc2c1C(=O)CC(CN)C2. The zero-order valence-electron chi connectivity index (χ0n) is 8.38. The van der Waals surface area contributed by atoms with Crippen molar-refractivity contribution in [3.63, 3.8) is 0 Å². The third kappa shape index (κ3) is 1.51. The van der Waals surface area contributed by atoms with Crippen LogP contribution in [-0.2, 0) is 12.8 Å². The van der Waals surface area contributed by atoms with E-state index in [9.17, 15) is 4.79 Å². The molecule has 0 aliphatic heterocycles. The Morgan fingerprint density at radius 1 is 1.57 bits per heavy atom. The van der Waals surface area contributed by atoms with Crippen molar-refractivity contribution >= 4 is 17.1 Å². The van der Waals surface area contributed by atoms with E-state index < -0.39 is 0 Å². The smallest absolute Gasteiger partial charge is 0.164 e. The van der Waals surface area contributed by atoms with E-state index in [2.05, 4.69) is 12.3 Å². The van der Waals surface area contributed by atoms with Gasteiger partial charge in [0.25, 0.3) is 0 Å². The van der Waals surface area contributed by atoms with E-state index in [0.717, 1.165) is 18.4 Å². The van der Waals surface area contributed by atoms with Gasteiger partial charge >= 0.3 is 0 Å². The van der Waals surface area contributed by atoms with Crippen LogP contribution in [-0.4, -0.2) is 12.3 Å². The van der Waals surface area contributed by atoms with Crippen LogP contribution < -0.4 is 5.73 Å². The van der Waals surface area contributed by atoms with Gasteiger partial charge in [-0.3, -0.25) is 4.79 Å². The highest BCUT2D eigenvalue weighted by Crippen LogP contribution is 2.32. The lowest BCUT2D eigenvalue weighted by atomic mass is 9.86. The fraction of sp³-hybridized carbons (Fsp3) is 0.545. The highest BCUT2D eigenvalue weighted by Gasteiger charge is 2.27. The topological polar surface area (TPSA) is 43.1 Å². The van der Waals surface area contributed by atoms with Crippen LogP contribution in [0.4, 0.5) is 0 Å². The number of carbonyl (C=O) groups excluding carboxylic acids is 1. The summed E-state index contributed by atoms with van der Waals surface area (Å²) in [6, 6.07) is 0. The van der Waals surface area contributed by atoms with Gasteiger partial charge in [0, 0.05) is 16.9 Å². The molecular weight excluding hydrogens is 194 g/mol. The molecule has 14 heavy (non-hydrogen) atoms. The number of hydrogen-bond acceptors (Lipinski definition) is 3. The molecule has 1 aromatic heterocycles. The van der Waals surface area contributed by atoms with Crippen molar-refractivity contribution < 1.29 is 4.79 Å². The van der Waals surface area contributed by atoms with Crippen LogP contribution in [0.3, 0.4) is 0 Å². The molecule has 1 aromatic rings. The van der Waals surface area contributed by atoms with Gasteiger partial charge in [-0.25, -0.2) is 0 Å². The molecule has 0 aromatic carbocycles. The summed E-state index contributed by atoms with van der Waals surface area (Å²) >= 11 is 1.72. The monoisotopic (exact) mass is 209 g/mol. The minimum atomic E-state index is 0.305. The van der Waals surface area contributed by atoms with Crippen LogP contribution in [0.25, 0.3) is 0 Å². The fourth-order valence-corrected chi connectivity index (χ4v) is 3.31. The van der Waals surface area contributed by atoms with Gasteiger partial charge in [0.2, 0.25) is 0 Å². The van der Waals surface area contributed by atoms with E-state index >= 15 is 0 Å². The summed E-state index contributed by atoms with van der Waals surface area (Å²) in [7, 11) is 0. The molecule has 0 amide bonds. The first-order chi connectivity index (χ1) is 6.76. The van der Waals surface area contributed by atoms with Gasteiger partial charge in [-0.05, 0) is 36.2 Å². The number of nitrogens with two attached hydrogens (primary N) is 1. The maximum atomic E-state index is 11.8. The predicted molar refractivity (Wildman–Crippen MR) is 58.9 cm³/mol. The number of ketones is 1. The molecule has 0 radical (unpaired) electrons. The van der Waals surface area contributed by atoms with Crippen LogP contribution in [0.5, 0.6) is 0 Å². The molecule has 2 N–H and O–H groups in total. The number of aryl methyl sites for hydroxylation is 1. The second-order valence-electron chi connectivity index (χ2n) is 3.85. The van der Waals surface area contributed by atoms with Gasteiger partial charge in [-0.15, -0.1) is 11.3 Å². The molecule has 2 rings (SSSR count). The standard InChI is InChI=1S/C11H15NOS/c1-2-8-6-14-10-4-7(5-12)3-9(13)11(8)10/h6-7H,2-5,12H2,1H3. The molecule has 1 unspecified atom stereocenters. The number of rotatable bonds is 2. The van der Waals surface area contributed by atoms with E-state index in [1.54, 1.807) is 11.3 Å². The molecular formula is C11H15NOS. The van der Waals surface area contributed by atoms with E-state index in [-0.39, 0.29) is 0 Å². The molecule has 1 aliphatic rings. The average molecular weight is 209 g/mol. The Morgan fingerprint density at radius 3 is 3.00 bits per heavy atom. The van der Waals surface area contributed by atoms with E-state index in [0.29, 0.717) is 24.7 Å². The Kier molecular flexibility index (Phi) is 2.70. The summed E-state index contributed by atoms with van der Waals surface area (Å²) in [6.45, 7) is 2.73. The lowest BCUT2D eigenvalue weighted by molar-refractivity contribution is 0.0951. The van der Waals surface area contributed by atoms with E-state index in [1.165, 1.54) is 10.4 Å². The minimum Gasteiger partial charge on any atom is -0.330 e. The number of thiophene rings is 1. The van der Waals surface area contributed by atoms with Crippen LogP contribution in [0, 0.1) is 5.92 Å². The van der Waals surface area contributed by atoms with Crippen molar-refractivity contribution in [1.82, 2.24) is 0 Å². The predicted octanol–water partition coefficient (Wildman–Crippen LogP) is 2.01. The maximum Gasteiger partial charge on any atom is 0.164 e. The summed E-state index contributed by atoms with van der Waals surface area (Å²) in [5.74, 6) is 0.679. The molecule has 76 valence electrons. The molecule has 0 spiro atoms. The zero-order chi connectivity index (χ0) is 10.1. The summed E-state index contributed by atoms with van der Waals surface area (Å²) in [4.78, 5) is 13.1. The van der Waals surface area contributed by atoms with Crippen LogP contribution in [0.2, 0.25) is 0 Å². The van der Waals surface area contributed by atoms with Gasteiger partial charge in [-0.2, -0.15) is 0 Å². The quantitative estimate of drug-likeness (QED) is 0.809. The van der Waals surface area contributed by atoms with Crippen molar-refractivity contribution in [1.29, 1.82) is 0 Å². The third-order valence-electron chi connectivity index (χ3n) is 2.88. The first-order valence-electron chi connectivity index (χ1n) is 5.08. The second kappa shape index (κ2) is 3.83. The van der Waals surface area contributed by atoms with Crippen molar-refractivity contribution in [2.45, 2.75) is 26.2 Å². The largest absolute Gasteiger partial charge is 0.330 e. The molecule has 1 heterocycles. The Labute approximate surface area is 88.1 Å². The van der Waals surface area contributed by atoms with Crippen molar-refractivity contribution in [3.8, 4) is 0 Å². The Balaban J connectivity index is 2.37. The van der Waals surface area contributed by atoms with Gasteiger partial charge in [0.1, 0.15) is 0 Å². The molecule has 1 atom stereocenters. The lowest BCUT2D eigenvalue weighted by Crippen LogP contribution is -2.25. The Morgan fingerprint density at radius 2 is 2.36 bits per heavy atom. The lowest BCUT2D eigenvalue weighted by Gasteiger charge is -2.20. The first-order valence-corrected chi connectivity index (χ1v) is 5.96. The molecule has 2 nitrogen and oxygen atoms in total. The van der Waals surface area contributed by atoms with Crippen LogP contribution in [0.15, 0.2) is 5.38 Å². The van der Waals surface area contributed by atoms with E-state index in [4.69, 9.17) is 5.73 Å². The van der Waals surface area contributed by atoms with Gasteiger partial charge in [0.05, 0.1) is 0 Å². The summed E-state index contributed by atoms with van der Waals surface area (Å²) in [6.07, 6.45) is 2.61. The van der Waals surface area contributed by atoms with Gasteiger partial charge < -0.3 is 5.73 Å². The van der Waals surface area contributed by atoms with Gasteiger partial charge in [-0.1, -0.05) is 6.92 Å². The number of carbonyl (C=O) groups is 1. The van der Waals surface area contributed by atoms with Crippen molar-refractivity contribution in [2.75, 3.05) is 6.54 Å². The summed E-state index contributed by atoms with van der Waals surface area (Å²) < 4.78 is 0. The van der Waals surface area contributed by atoms with Crippen molar-refractivity contribution in [3.05, 3.63) is 21.4 Å². The Hall–Kier alpha value is -0.670. The summed E-state index contributed by atoms with van der Waals surface area (Å²) in [5, 5.41) is 2.13. The Bertz CT molecular complexity index is 356. The first kappa shape index (κ1) is 9.87. The molecule has 3 heteroatoms. The normalized spacial score (nSPS) is 21.0. The summed E-state index contributed by atoms with van der Waals surface area (Å²) in [5.41, 5.74) is 7.86. The number of hydrogen-bond donors (Lipinski definition) is 1. The van der Waals surface area contributed by atoms with Crippen LogP contribution in [0.1, 0.15) is 34.1 Å². The third-order valence-corrected chi connectivity index (χ3v) is 3.94.